The van der Waals surface area contributed by atoms with Crippen molar-refractivity contribution >= 4 is 16.8 Å². The van der Waals surface area contributed by atoms with Crippen LogP contribution >= 0.6 is 0 Å². The highest BCUT2D eigenvalue weighted by atomic mass is 16.5. The third-order valence-electron chi connectivity index (χ3n) is 5.24. The molecule has 0 aliphatic carbocycles. The minimum Gasteiger partial charge on any atom is -0.383 e. The summed E-state index contributed by atoms with van der Waals surface area (Å²) < 4.78 is 7.28. The molecule has 0 unspecified atom stereocenters. The molecule has 1 N–H and O–H groups in total. The molecule has 0 bridgehead atoms. The largest absolute Gasteiger partial charge is 0.383 e. The minimum atomic E-state index is 0.0465. The van der Waals surface area contributed by atoms with Gasteiger partial charge in [0, 0.05) is 43.8 Å². The molecule has 3 rings (SSSR count). The van der Waals surface area contributed by atoms with Crippen LogP contribution in [0.25, 0.3) is 10.9 Å². The number of fused-ring (bicyclic) bond motifs is 1. The number of carbonyl (C=O) groups is 1. The molecule has 0 radical (unpaired) electrons. The Morgan fingerprint density at radius 1 is 1.28 bits per heavy atom. The number of hydrogen-bond acceptors (Lipinski definition) is 3. The molecule has 136 valence electrons. The number of piperidine rings is 1. The first-order valence-electron chi connectivity index (χ1n) is 9.30. The van der Waals surface area contributed by atoms with E-state index >= 15 is 0 Å². The lowest BCUT2D eigenvalue weighted by atomic mass is 9.96. The minimum absolute atomic E-state index is 0.0465. The second-order valence-electron chi connectivity index (χ2n) is 6.83. The standard InChI is InChI=1S/C20H29N3O2/c1-3-23-15-18(17-6-4-5-7-19(17)23)20(24)21-14-16-8-10-22(11-9-16)12-13-25-2/h4-7,15-16H,3,8-14H2,1-2H3,(H,21,24). The summed E-state index contributed by atoms with van der Waals surface area (Å²) in [6.07, 6.45) is 4.26. The average molecular weight is 343 g/mol. The zero-order valence-electron chi connectivity index (χ0n) is 15.3. The predicted molar refractivity (Wildman–Crippen MR) is 101 cm³/mol. The van der Waals surface area contributed by atoms with Crippen LogP contribution in [0.5, 0.6) is 0 Å². The van der Waals surface area contributed by atoms with Gasteiger partial charge in [-0.3, -0.25) is 4.79 Å². The van der Waals surface area contributed by atoms with Crippen molar-refractivity contribution in [2.45, 2.75) is 26.3 Å². The quantitative estimate of drug-likeness (QED) is 0.841. The molecular formula is C20H29N3O2. The number of para-hydroxylation sites is 1. The van der Waals surface area contributed by atoms with E-state index in [0.29, 0.717) is 5.92 Å². The number of hydrogen-bond donors (Lipinski definition) is 1. The van der Waals surface area contributed by atoms with Crippen LogP contribution in [0.15, 0.2) is 30.5 Å². The van der Waals surface area contributed by atoms with Gasteiger partial charge in [0.2, 0.25) is 0 Å². The molecule has 0 spiro atoms. The van der Waals surface area contributed by atoms with Gasteiger partial charge in [-0.15, -0.1) is 0 Å². The Hall–Kier alpha value is -1.85. The van der Waals surface area contributed by atoms with Crippen LogP contribution in [0, 0.1) is 5.92 Å². The van der Waals surface area contributed by atoms with Crippen LogP contribution in [0.3, 0.4) is 0 Å². The lowest BCUT2D eigenvalue weighted by Gasteiger charge is -2.31. The SMILES string of the molecule is CCn1cc(C(=O)NCC2CCN(CCOC)CC2)c2ccccc21. The zero-order valence-corrected chi connectivity index (χ0v) is 15.3. The fraction of sp³-hybridized carbons (Fsp3) is 0.550. The van der Waals surface area contributed by atoms with Crippen LogP contribution in [0.2, 0.25) is 0 Å². The van der Waals surface area contributed by atoms with E-state index in [-0.39, 0.29) is 5.91 Å². The fourth-order valence-corrected chi connectivity index (χ4v) is 3.66. The van der Waals surface area contributed by atoms with Gasteiger partial charge in [-0.05, 0) is 44.8 Å². The van der Waals surface area contributed by atoms with Gasteiger partial charge in [0.25, 0.3) is 5.91 Å². The summed E-state index contributed by atoms with van der Waals surface area (Å²) in [4.78, 5) is 15.1. The summed E-state index contributed by atoms with van der Waals surface area (Å²) in [6.45, 7) is 7.73. The maximum absolute atomic E-state index is 12.7. The van der Waals surface area contributed by atoms with Gasteiger partial charge in [0.15, 0.2) is 0 Å². The molecule has 25 heavy (non-hydrogen) atoms. The average Bonchev–Trinajstić information content (AvgIpc) is 3.04. The third-order valence-corrected chi connectivity index (χ3v) is 5.24. The van der Waals surface area contributed by atoms with Gasteiger partial charge < -0.3 is 19.5 Å². The highest BCUT2D eigenvalue weighted by molar-refractivity contribution is 6.07. The van der Waals surface area contributed by atoms with Gasteiger partial charge in [-0.25, -0.2) is 0 Å². The van der Waals surface area contributed by atoms with Crippen molar-refractivity contribution in [3.63, 3.8) is 0 Å². The number of aromatic nitrogens is 1. The molecule has 2 heterocycles. The number of amides is 1. The van der Waals surface area contributed by atoms with Crippen LogP contribution in [-0.2, 0) is 11.3 Å². The number of ether oxygens (including phenoxy) is 1. The third kappa shape index (κ3) is 4.22. The van der Waals surface area contributed by atoms with Crippen LogP contribution in [0.4, 0.5) is 0 Å². The molecule has 0 saturated carbocycles. The van der Waals surface area contributed by atoms with Crippen LogP contribution < -0.4 is 5.32 Å². The molecule has 1 aromatic carbocycles. The Labute approximate surface area is 149 Å². The van der Waals surface area contributed by atoms with Crippen LogP contribution in [0.1, 0.15) is 30.1 Å². The number of benzene rings is 1. The number of aryl methyl sites for hydroxylation is 1. The van der Waals surface area contributed by atoms with Gasteiger partial charge in [0.1, 0.15) is 0 Å². The Balaban J connectivity index is 1.55. The maximum Gasteiger partial charge on any atom is 0.253 e. The summed E-state index contributed by atoms with van der Waals surface area (Å²) in [5.41, 5.74) is 1.91. The van der Waals surface area contributed by atoms with E-state index < -0.39 is 0 Å². The number of nitrogens with zero attached hydrogens (tertiary/aromatic N) is 2. The molecule has 1 saturated heterocycles. The number of carbonyl (C=O) groups excluding carboxylic acids is 1. The first-order chi connectivity index (χ1) is 12.2. The Kier molecular flexibility index (Phi) is 6.10. The molecule has 0 atom stereocenters. The molecule has 1 aromatic heterocycles. The molecule has 5 heteroatoms. The van der Waals surface area contributed by atoms with Crippen molar-refractivity contribution in [3.8, 4) is 0 Å². The summed E-state index contributed by atoms with van der Waals surface area (Å²) in [6, 6.07) is 8.12. The van der Waals surface area contributed by atoms with Crippen molar-refractivity contribution < 1.29 is 9.53 Å². The maximum atomic E-state index is 12.7. The molecule has 1 aliphatic heterocycles. The number of rotatable bonds is 7. The number of nitrogens with one attached hydrogen (secondary N) is 1. The summed E-state index contributed by atoms with van der Waals surface area (Å²) >= 11 is 0. The summed E-state index contributed by atoms with van der Waals surface area (Å²) in [7, 11) is 1.75. The topological polar surface area (TPSA) is 46.5 Å². The van der Waals surface area contributed by atoms with Gasteiger partial charge in [-0.1, -0.05) is 18.2 Å². The second kappa shape index (κ2) is 8.50. The monoisotopic (exact) mass is 343 g/mol. The molecule has 1 aliphatic rings. The van der Waals surface area contributed by atoms with E-state index in [4.69, 9.17) is 4.74 Å². The second-order valence-corrected chi connectivity index (χ2v) is 6.83. The summed E-state index contributed by atoms with van der Waals surface area (Å²) in [5.74, 6) is 0.618. The van der Waals surface area contributed by atoms with Gasteiger partial charge >= 0.3 is 0 Å². The van der Waals surface area contributed by atoms with Crippen molar-refractivity contribution in [1.82, 2.24) is 14.8 Å². The Bertz CT molecular complexity index is 702. The van der Waals surface area contributed by atoms with E-state index in [1.54, 1.807) is 7.11 Å². The molecule has 2 aromatic rings. The van der Waals surface area contributed by atoms with E-state index in [2.05, 4.69) is 27.8 Å². The lowest BCUT2D eigenvalue weighted by Crippen LogP contribution is -2.39. The van der Waals surface area contributed by atoms with E-state index in [1.165, 1.54) is 0 Å². The van der Waals surface area contributed by atoms with E-state index in [9.17, 15) is 4.79 Å². The van der Waals surface area contributed by atoms with Crippen molar-refractivity contribution in [2.24, 2.45) is 5.92 Å². The van der Waals surface area contributed by atoms with Crippen molar-refractivity contribution in [1.29, 1.82) is 0 Å². The number of likely N-dealkylation sites (tertiary alicyclic amines) is 1. The number of methoxy groups -OCH3 is 1. The van der Waals surface area contributed by atoms with Crippen molar-refractivity contribution in [3.05, 3.63) is 36.0 Å². The highest BCUT2D eigenvalue weighted by Crippen LogP contribution is 2.22. The first-order valence-corrected chi connectivity index (χ1v) is 9.30. The lowest BCUT2D eigenvalue weighted by molar-refractivity contribution is 0.0927. The zero-order chi connectivity index (χ0) is 17.6. The fourth-order valence-electron chi connectivity index (χ4n) is 3.66. The van der Waals surface area contributed by atoms with Gasteiger partial charge in [0.05, 0.1) is 12.2 Å². The van der Waals surface area contributed by atoms with Crippen molar-refractivity contribution in [2.75, 3.05) is 39.9 Å². The highest BCUT2D eigenvalue weighted by Gasteiger charge is 2.20. The van der Waals surface area contributed by atoms with E-state index in [1.807, 2.05) is 24.4 Å². The smallest absolute Gasteiger partial charge is 0.253 e. The first kappa shape index (κ1) is 18.0. The van der Waals surface area contributed by atoms with Crippen LogP contribution in [-0.4, -0.2) is 55.3 Å². The molecular weight excluding hydrogens is 314 g/mol. The normalized spacial score (nSPS) is 16.4. The molecule has 1 fully saturated rings. The Morgan fingerprint density at radius 3 is 2.76 bits per heavy atom. The Morgan fingerprint density at radius 2 is 2.04 bits per heavy atom. The summed E-state index contributed by atoms with van der Waals surface area (Å²) in [5, 5.41) is 4.20. The molecule has 5 nitrogen and oxygen atoms in total. The predicted octanol–water partition coefficient (Wildman–Crippen LogP) is 2.75. The molecule has 1 amide bonds. The van der Waals surface area contributed by atoms with Gasteiger partial charge in [-0.2, -0.15) is 0 Å². The van der Waals surface area contributed by atoms with E-state index in [0.717, 1.165) is 68.6 Å².